The summed E-state index contributed by atoms with van der Waals surface area (Å²) in [5.74, 6) is 1.27. The molecule has 19 heavy (non-hydrogen) atoms. The van der Waals surface area contributed by atoms with E-state index in [2.05, 4.69) is 5.32 Å². The Morgan fingerprint density at radius 1 is 1.21 bits per heavy atom. The largest absolute Gasteiger partial charge is 0.497 e. The molecule has 1 atom stereocenters. The lowest BCUT2D eigenvalue weighted by Crippen LogP contribution is -2.39. The number of benzene rings is 1. The van der Waals surface area contributed by atoms with E-state index in [-0.39, 0.29) is 5.91 Å². The van der Waals surface area contributed by atoms with Crippen LogP contribution in [0.25, 0.3) is 0 Å². The summed E-state index contributed by atoms with van der Waals surface area (Å²) < 4.78 is 15.6. The van der Waals surface area contributed by atoms with Crippen molar-refractivity contribution in [1.29, 1.82) is 0 Å². The van der Waals surface area contributed by atoms with E-state index < -0.39 is 6.10 Å². The van der Waals surface area contributed by atoms with E-state index >= 15 is 0 Å². The summed E-state index contributed by atoms with van der Waals surface area (Å²) in [6.07, 6.45) is 0.107. The molecule has 5 nitrogen and oxygen atoms in total. The van der Waals surface area contributed by atoms with Crippen LogP contribution in [0.15, 0.2) is 24.3 Å². The van der Waals surface area contributed by atoms with Crippen molar-refractivity contribution in [3.05, 3.63) is 24.3 Å². The van der Waals surface area contributed by atoms with Crippen LogP contribution in [0.1, 0.15) is 13.3 Å². The summed E-state index contributed by atoms with van der Waals surface area (Å²) in [7, 11) is 3.20. The lowest BCUT2D eigenvalue weighted by molar-refractivity contribution is -0.128. The maximum absolute atomic E-state index is 11.9. The zero-order chi connectivity index (χ0) is 14.1. The van der Waals surface area contributed by atoms with Crippen molar-refractivity contribution in [2.24, 2.45) is 0 Å². The van der Waals surface area contributed by atoms with Gasteiger partial charge in [-0.05, 0) is 30.7 Å². The molecule has 0 heterocycles. The first-order chi connectivity index (χ1) is 9.21. The van der Waals surface area contributed by atoms with E-state index in [0.717, 1.165) is 5.75 Å². The zero-order valence-corrected chi connectivity index (χ0v) is 11.6. The van der Waals surface area contributed by atoms with Crippen LogP contribution in [-0.4, -0.2) is 39.4 Å². The highest BCUT2D eigenvalue weighted by Crippen LogP contribution is 2.18. The highest BCUT2D eigenvalue weighted by molar-refractivity contribution is 5.81. The van der Waals surface area contributed by atoms with Gasteiger partial charge in [0.1, 0.15) is 11.5 Å². The van der Waals surface area contributed by atoms with Crippen LogP contribution < -0.4 is 14.8 Å². The van der Waals surface area contributed by atoms with Gasteiger partial charge >= 0.3 is 0 Å². The van der Waals surface area contributed by atoms with Crippen molar-refractivity contribution in [1.82, 2.24) is 5.32 Å². The van der Waals surface area contributed by atoms with Crippen LogP contribution >= 0.6 is 0 Å². The lowest BCUT2D eigenvalue weighted by Gasteiger charge is -2.17. The molecule has 1 aromatic rings. The average Bonchev–Trinajstić information content (AvgIpc) is 2.45. The minimum absolute atomic E-state index is 0.129. The molecule has 0 bridgehead atoms. The summed E-state index contributed by atoms with van der Waals surface area (Å²) in [6, 6.07) is 7.16. The van der Waals surface area contributed by atoms with Crippen LogP contribution in [0.3, 0.4) is 0 Å². The lowest BCUT2D eigenvalue weighted by atomic mass is 10.2. The number of rotatable bonds is 8. The predicted molar refractivity (Wildman–Crippen MR) is 72.6 cm³/mol. The summed E-state index contributed by atoms with van der Waals surface area (Å²) in [6.45, 7) is 2.88. The molecular weight excluding hydrogens is 246 g/mol. The monoisotopic (exact) mass is 267 g/mol. The second-order valence-electron chi connectivity index (χ2n) is 3.97. The van der Waals surface area contributed by atoms with E-state index in [1.807, 2.05) is 6.92 Å². The fraction of sp³-hybridized carbons (Fsp3) is 0.500. The molecule has 1 amide bonds. The third-order valence-electron chi connectivity index (χ3n) is 2.61. The van der Waals surface area contributed by atoms with E-state index in [1.54, 1.807) is 38.5 Å². The maximum Gasteiger partial charge on any atom is 0.261 e. The van der Waals surface area contributed by atoms with Crippen molar-refractivity contribution >= 4 is 5.91 Å². The van der Waals surface area contributed by atoms with Gasteiger partial charge in [-0.2, -0.15) is 0 Å². The SMILES string of the molecule is CCC(Oc1ccc(OC)cc1)C(=O)NCCOC. The van der Waals surface area contributed by atoms with Crippen LogP contribution in [0.4, 0.5) is 0 Å². The number of amides is 1. The Balaban J connectivity index is 2.52. The zero-order valence-electron chi connectivity index (χ0n) is 11.6. The smallest absolute Gasteiger partial charge is 0.261 e. The van der Waals surface area contributed by atoms with Crippen molar-refractivity contribution in [3.8, 4) is 11.5 Å². The first-order valence-corrected chi connectivity index (χ1v) is 6.28. The average molecular weight is 267 g/mol. The molecule has 0 spiro atoms. The minimum atomic E-state index is -0.495. The Morgan fingerprint density at radius 2 is 1.84 bits per heavy atom. The van der Waals surface area contributed by atoms with Crippen LogP contribution in [0, 0.1) is 0 Å². The van der Waals surface area contributed by atoms with E-state index in [9.17, 15) is 4.79 Å². The van der Waals surface area contributed by atoms with E-state index in [1.165, 1.54) is 0 Å². The molecule has 106 valence electrons. The van der Waals surface area contributed by atoms with Gasteiger partial charge in [0, 0.05) is 13.7 Å². The molecule has 0 aliphatic rings. The van der Waals surface area contributed by atoms with Crippen molar-refractivity contribution in [2.75, 3.05) is 27.4 Å². The Morgan fingerprint density at radius 3 is 2.37 bits per heavy atom. The molecule has 0 fully saturated rings. The minimum Gasteiger partial charge on any atom is -0.497 e. The van der Waals surface area contributed by atoms with Crippen LogP contribution in [0.5, 0.6) is 11.5 Å². The van der Waals surface area contributed by atoms with Crippen LogP contribution in [0.2, 0.25) is 0 Å². The Bertz CT molecular complexity index is 378. The Hall–Kier alpha value is -1.75. The highest BCUT2D eigenvalue weighted by Gasteiger charge is 2.17. The molecule has 1 aromatic carbocycles. The molecule has 1 unspecified atom stereocenters. The van der Waals surface area contributed by atoms with Gasteiger partial charge in [-0.3, -0.25) is 4.79 Å². The molecule has 0 aliphatic heterocycles. The van der Waals surface area contributed by atoms with Crippen molar-refractivity contribution < 1.29 is 19.0 Å². The first kappa shape index (κ1) is 15.3. The van der Waals surface area contributed by atoms with Crippen molar-refractivity contribution in [2.45, 2.75) is 19.4 Å². The van der Waals surface area contributed by atoms with Gasteiger partial charge in [-0.25, -0.2) is 0 Å². The molecule has 0 aliphatic carbocycles. The fourth-order valence-corrected chi connectivity index (χ4v) is 1.53. The highest BCUT2D eigenvalue weighted by atomic mass is 16.5. The van der Waals surface area contributed by atoms with E-state index in [4.69, 9.17) is 14.2 Å². The summed E-state index contributed by atoms with van der Waals surface area (Å²) >= 11 is 0. The molecule has 1 N–H and O–H groups in total. The van der Waals surface area contributed by atoms with Gasteiger partial charge in [0.15, 0.2) is 6.10 Å². The second-order valence-corrected chi connectivity index (χ2v) is 3.97. The van der Waals surface area contributed by atoms with Crippen LogP contribution in [-0.2, 0) is 9.53 Å². The molecule has 0 saturated heterocycles. The quantitative estimate of drug-likeness (QED) is 0.727. The summed E-state index contributed by atoms with van der Waals surface area (Å²) in [4.78, 5) is 11.9. The summed E-state index contributed by atoms with van der Waals surface area (Å²) in [5, 5.41) is 2.76. The maximum atomic E-state index is 11.9. The third kappa shape index (κ3) is 5.18. The topological polar surface area (TPSA) is 56.8 Å². The van der Waals surface area contributed by atoms with Gasteiger partial charge in [0.2, 0.25) is 0 Å². The first-order valence-electron chi connectivity index (χ1n) is 6.28. The predicted octanol–water partition coefficient (Wildman–Crippen LogP) is 1.62. The van der Waals surface area contributed by atoms with E-state index in [0.29, 0.717) is 25.3 Å². The Kier molecular flexibility index (Phi) is 6.74. The fourth-order valence-electron chi connectivity index (χ4n) is 1.53. The molecule has 5 heteroatoms. The van der Waals surface area contributed by atoms with Gasteiger partial charge in [-0.1, -0.05) is 6.92 Å². The molecule has 0 saturated carbocycles. The van der Waals surface area contributed by atoms with Gasteiger partial charge in [-0.15, -0.1) is 0 Å². The number of methoxy groups -OCH3 is 2. The number of carbonyl (C=O) groups excluding carboxylic acids is 1. The Labute approximate surface area is 113 Å². The standard InChI is InChI=1S/C14H21NO4/c1-4-13(14(16)15-9-10-17-2)19-12-7-5-11(18-3)6-8-12/h5-8,13H,4,9-10H2,1-3H3,(H,15,16). The molecular formula is C14H21NO4. The van der Waals surface area contributed by atoms with Gasteiger partial charge in [0.05, 0.1) is 13.7 Å². The number of hydrogen-bond acceptors (Lipinski definition) is 4. The third-order valence-corrected chi connectivity index (χ3v) is 2.61. The second kappa shape index (κ2) is 8.37. The number of nitrogens with one attached hydrogen (secondary N) is 1. The molecule has 1 rings (SSSR count). The number of carbonyl (C=O) groups is 1. The molecule has 0 aromatic heterocycles. The molecule has 0 radical (unpaired) electrons. The van der Waals surface area contributed by atoms with Gasteiger partial charge in [0.25, 0.3) is 5.91 Å². The van der Waals surface area contributed by atoms with Crippen molar-refractivity contribution in [3.63, 3.8) is 0 Å². The normalized spacial score (nSPS) is 11.7. The number of ether oxygens (including phenoxy) is 3. The summed E-state index contributed by atoms with van der Waals surface area (Å²) in [5.41, 5.74) is 0. The number of hydrogen-bond donors (Lipinski definition) is 1. The van der Waals surface area contributed by atoms with Gasteiger partial charge < -0.3 is 19.5 Å².